The summed E-state index contributed by atoms with van der Waals surface area (Å²) in [6.07, 6.45) is 21.2. The molecule has 2 radical (unpaired) electrons. The van der Waals surface area contributed by atoms with Crippen molar-refractivity contribution in [2.45, 2.75) is 96.8 Å². The summed E-state index contributed by atoms with van der Waals surface area (Å²) < 4.78 is 0. The molecule has 0 heterocycles. The minimum atomic E-state index is -0.664. The van der Waals surface area contributed by atoms with Gasteiger partial charge >= 0.3 is 5.97 Å². The number of carbonyl (C=O) groups is 1. The minimum absolute atomic E-state index is 0. The second-order valence-corrected chi connectivity index (χ2v) is 5.73. The maximum absolute atomic E-state index is 10.3. The Morgan fingerprint density at radius 3 is 1.61 bits per heavy atom. The average molecular weight is 452 g/mol. The van der Waals surface area contributed by atoms with Crippen LogP contribution in [0.25, 0.3) is 0 Å². The number of hydrogen-bond donors (Lipinski definition) is 1. The van der Waals surface area contributed by atoms with Gasteiger partial charge in [-0.3, -0.25) is 4.79 Å². The molecule has 5 heteroatoms. The van der Waals surface area contributed by atoms with Crippen LogP contribution in [0.5, 0.6) is 0 Å². The fraction of sp³-hybridized carbons (Fsp3) is 0.833. The van der Waals surface area contributed by atoms with Gasteiger partial charge in [-0.25, -0.2) is 0 Å². The number of unbranched alkanes of at least 4 members (excludes halogenated alkanes) is 11. The van der Waals surface area contributed by atoms with Crippen molar-refractivity contribution >= 4 is 5.97 Å². The summed E-state index contributed by atoms with van der Waals surface area (Å²) in [5.74, 6) is -0.664. The van der Waals surface area contributed by atoms with E-state index >= 15 is 0 Å². The smallest absolute Gasteiger partial charge is 0.303 e. The number of rotatable bonds is 15. The van der Waals surface area contributed by atoms with E-state index in [0.29, 0.717) is 6.42 Å². The predicted molar refractivity (Wildman–Crippen MR) is 87.1 cm³/mol. The quantitative estimate of drug-likeness (QED) is 0.185. The molecule has 0 aromatic rings. The summed E-state index contributed by atoms with van der Waals surface area (Å²) in [5, 5.41) is 8.51. The van der Waals surface area contributed by atoms with Crippen molar-refractivity contribution in [2.75, 3.05) is 0 Å². The van der Waals surface area contributed by atoms with Gasteiger partial charge in [0.25, 0.3) is 0 Å². The number of aliphatic carboxylic acids is 1. The van der Waals surface area contributed by atoms with Crippen molar-refractivity contribution in [3.8, 4) is 0 Å². The van der Waals surface area contributed by atoms with Gasteiger partial charge in [-0.1, -0.05) is 70.4 Å². The molecule has 0 fully saturated rings. The first-order chi connectivity index (χ1) is 9.77. The maximum Gasteiger partial charge on any atom is 0.303 e. The summed E-state index contributed by atoms with van der Waals surface area (Å²) in [6.45, 7) is 2.26. The van der Waals surface area contributed by atoms with Crippen LogP contribution in [0.1, 0.15) is 96.8 Å². The molecule has 0 aliphatic rings. The molecule has 0 saturated carbocycles. The fourth-order valence-corrected chi connectivity index (χ4v) is 2.35. The van der Waals surface area contributed by atoms with Gasteiger partial charge in [-0.2, -0.15) is 0 Å². The molecule has 0 aliphatic carbocycles. The maximum atomic E-state index is 10.3. The zero-order valence-corrected chi connectivity index (χ0v) is 17.8. The van der Waals surface area contributed by atoms with Crippen LogP contribution in [0.3, 0.4) is 0 Å². The van der Waals surface area contributed by atoms with Crippen molar-refractivity contribution in [1.29, 1.82) is 0 Å². The Balaban J connectivity index is -0.000000602. The van der Waals surface area contributed by atoms with E-state index in [9.17, 15) is 4.79 Å². The van der Waals surface area contributed by atoms with Gasteiger partial charge in [-0.15, -0.1) is 0 Å². The van der Waals surface area contributed by atoms with E-state index in [-0.39, 0.29) is 50.9 Å². The molecular formula is C18H34CoFeMnO2. The summed E-state index contributed by atoms with van der Waals surface area (Å²) in [4.78, 5) is 10.3. The molecule has 23 heavy (non-hydrogen) atoms. The van der Waals surface area contributed by atoms with E-state index in [2.05, 4.69) is 19.1 Å². The van der Waals surface area contributed by atoms with Crippen molar-refractivity contribution in [3.63, 3.8) is 0 Å². The Hall–Kier alpha value is 0.755. The van der Waals surface area contributed by atoms with Crippen molar-refractivity contribution in [1.82, 2.24) is 0 Å². The van der Waals surface area contributed by atoms with Gasteiger partial charge in [0, 0.05) is 57.3 Å². The van der Waals surface area contributed by atoms with Crippen molar-refractivity contribution in [2.24, 2.45) is 0 Å². The molecule has 0 atom stereocenters. The van der Waals surface area contributed by atoms with Crippen molar-refractivity contribution < 1.29 is 60.8 Å². The molecule has 0 saturated heterocycles. The van der Waals surface area contributed by atoms with Gasteiger partial charge in [-0.05, 0) is 32.1 Å². The zero-order chi connectivity index (χ0) is 14.9. The first-order valence-corrected chi connectivity index (χ1v) is 8.64. The molecule has 0 aliphatic heterocycles. The molecule has 142 valence electrons. The monoisotopic (exact) mass is 452 g/mol. The Labute approximate surface area is 175 Å². The fourth-order valence-electron chi connectivity index (χ4n) is 2.35. The topological polar surface area (TPSA) is 37.3 Å². The molecule has 2 nitrogen and oxygen atoms in total. The molecule has 0 rings (SSSR count). The van der Waals surface area contributed by atoms with E-state index in [0.717, 1.165) is 12.8 Å². The van der Waals surface area contributed by atoms with Crippen LogP contribution < -0.4 is 0 Å². The standard InChI is InChI=1S/C18H34O2.Co.Fe.Mn/c1-2-3-4-5-6-7-8-9-10-11-12-13-14-15-16-17-18(19)20;;;/h9-10H,2-8,11-17H2,1H3,(H,19,20);;;/b10-9-;;;. The molecule has 0 bridgehead atoms. The number of hydrogen-bond acceptors (Lipinski definition) is 1. The number of allylic oxidation sites excluding steroid dienone is 2. The first kappa shape index (κ1) is 31.5. The van der Waals surface area contributed by atoms with Gasteiger partial charge in [0.2, 0.25) is 0 Å². The molecule has 1 N–H and O–H groups in total. The second-order valence-electron chi connectivity index (χ2n) is 5.73. The largest absolute Gasteiger partial charge is 0.481 e. The Morgan fingerprint density at radius 1 is 0.783 bits per heavy atom. The van der Waals surface area contributed by atoms with E-state index in [4.69, 9.17) is 5.11 Å². The second kappa shape index (κ2) is 27.6. The third-order valence-electron chi connectivity index (χ3n) is 3.65. The molecular weight excluding hydrogens is 418 g/mol. The van der Waals surface area contributed by atoms with Crippen LogP contribution in [0, 0.1) is 0 Å². The van der Waals surface area contributed by atoms with Gasteiger partial charge < -0.3 is 5.11 Å². The van der Waals surface area contributed by atoms with Gasteiger partial charge in [0.05, 0.1) is 0 Å². The number of carboxylic acids is 1. The van der Waals surface area contributed by atoms with Crippen LogP contribution in [-0.4, -0.2) is 11.1 Å². The third kappa shape index (κ3) is 31.1. The van der Waals surface area contributed by atoms with E-state index in [1.54, 1.807) is 0 Å². The SMILES string of the molecule is CCCCCCCC/C=C\CCCCCCCC(=O)O.[Co].[Fe].[Mn]. The molecule has 0 spiro atoms. The van der Waals surface area contributed by atoms with Crippen LogP contribution in [0.2, 0.25) is 0 Å². The van der Waals surface area contributed by atoms with E-state index < -0.39 is 5.97 Å². The third-order valence-corrected chi connectivity index (χ3v) is 3.65. The zero-order valence-electron chi connectivity index (χ0n) is 14.5. The van der Waals surface area contributed by atoms with Crippen LogP contribution in [-0.2, 0) is 55.7 Å². The summed E-state index contributed by atoms with van der Waals surface area (Å²) >= 11 is 0. The first-order valence-electron chi connectivity index (χ1n) is 8.64. The Kier molecular flexibility index (Phi) is 37.8. The Morgan fingerprint density at radius 2 is 1.17 bits per heavy atom. The van der Waals surface area contributed by atoms with E-state index in [1.165, 1.54) is 70.6 Å². The van der Waals surface area contributed by atoms with Crippen LogP contribution in [0.4, 0.5) is 0 Å². The van der Waals surface area contributed by atoms with Crippen molar-refractivity contribution in [3.05, 3.63) is 12.2 Å². The Bertz CT molecular complexity index is 251. The summed E-state index contributed by atoms with van der Waals surface area (Å²) in [5.41, 5.74) is 0. The summed E-state index contributed by atoms with van der Waals surface area (Å²) in [7, 11) is 0. The van der Waals surface area contributed by atoms with Crippen LogP contribution >= 0.6 is 0 Å². The van der Waals surface area contributed by atoms with Gasteiger partial charge in [0.1, 0.15) is 0 Å². The minimum Gasteiger partial charge on any atom is -0.481 e. The molecule has 0 amide bonds. The van der Waals surface area contributed by atoms with Crippen LogP contribution in [0.15, 0.2) is 12.2 Å². The molecule has 0 aromatic heterocycles. The average Bonchev–Trinajstić information content (AvgIpc) is 2.43. The summed E-state index contributed by atoms with van der Waals surface area (Å²) in [6, 6.07) is 0. The van der Waals surface area contributed by atoms with E-state index in [1.807, 2.05) is 0 Å². The number of carboxylic acid groups (broad SMARTS) is 1. The molecule has 0 unspecified atom stereocenters. The molecule has 0 aromatic carbocycles. The normalized spacial score (nSPS) is 9.78. The predicted octanol–water partition coefficient (Wildman–Crippen LogP) is 6.10. The van der Waals surface area contributed by atoms with Gasteiger partial charge in [0.15, 0.2) is 0 Å².